The molecule has 0 aromatic heterocycles. The largest absolute Gasteiger partial charge is 0.379 e. The van der Waals surface area contributed by atoms with E-state index in [2.05, 4.69) is 5.32 Å². The second-order valence-electron chi connectivity index (χ2n) is 1.74. The van der Waals surface area contributed by atoms with E-state index in [0.29, 0.717) is 6.61 Å². The zero-order valence-corrected chi connectivity index (χ0v) is 4.40. The maximum atomic E-state index is 7.19. The highest BCUT2D eigenvalue weighted by molar-refractivity contribution is 4.62. The van der Waals surface area contributed by atoms with E-state index in [1.165, 1.54) is 0 Å². The molecule has 1 aliphatic rings. The lowest BCUT2D eigenvalue weighted by atomic mass is 10.3. The first-order valence-electron chi connectivity index (χ1n) is 3.46. The van der Waals surface area contributed by atoms with E-state index in [1.54, 1.807) is 0 Å². The van der Waals surface area contributed by atoms with Crippen LogP contribution in [-0.4, -0.2) is 25.8 Å². The van der Waals surface area contributed by atoms with Gasteiger partial charge in [-0.2, -0.15) is 0 Å². The smallest absolute Gasteiger partial charge is 0.0617 e. The van der Waals surface area contributed by atoms with Crippen molar-refractivity contribution in [2.75, 3.05) is 19.7 Å². The van der Waals surface area contributed by atoms with Crippen molar-refractivity contribution in [2.24, 2.45) is 0 Å². The lowest BCUT2D eigenvalue weighted by Gasteiger charge is -2.19. The topological polar surface area (TPSA) is 21.3 Å². The fraction of sp³-hybridized carbons (Fsp3) is 1.00. The average Bonchev–Trinajstić information content (AvgIpc) is 1.60. The zero-order valence-electron chi connectivity index (χ0n) is 6.40. The van der Waals surface area contributed by atoms with Gasteiger partial charge in [-0.15, -0.1) is 0 Å². The van der Waals surface area contributed by atoms with E-state index in [-0.39, 0.29) is 12.6 Å². The van der Waals surface area contributed by atoms with Crippen molar-refractivity contribution in [3.63, 3.8) is 0 Å². The first-order chi connectivity index (χ1) is 4.10. The van der Waals surface area contributed by atoms with Gasteiger partial charge in [-0.3, -0.25) is 0 Å². The Hall–Kier alpha value is -0.0800. The summed E-state index contributed by atoms with van der Waals surface area (Å²) in [6.07, 6.45) is 0. The van der Waals surface area contributed by atoms with Crippen molar-refractivity contribution in [3.8, 4) is 0 Å². The summed E-state index contributed by atoms with van der Waals surface area (Å²) < 4.78 is 19.3. The number of nitrogens with one attached hydrogen (secondary N) is 1. The minimum Gasteiger partial charge on any atom is -0.379 e. The maximum absolute atomic E-state index is 7.19. The monoisotopic (exact) mass is 103 g/mol. The van der Waals surface area contributed by atoms with E-state index < -0.39 is 6.50 Å². The minimum absolute atomic E-state index is 0.133. The fourth-order valence-corrected chi connectivity index (χ4v) is 0.544. The second-order valence-corrected chi connectivity index (χ2v) is 1.74. The fourth-order valence-electron chi connectivity index (χ4n) is 0.544. The maximum Gasteiger partial charge on any atom is 0.0617 e. The Balaban J connectivity index is 2.41. The van der Waals surface area contributed by atoms with Gasteiger partial charge in [0.2, 0.25) is 0 Å². The van der Waals surface area contributed by atoms with Crippen molar-refractivity contribution in [2.45, 2.75) is 13.0 Å². The highest BCUT2D eigenvalue weighted by Gasteiger charge is 2.04. The molecule has 1 N–H and O–H groups in total. The molecular weight excluding hydrogens is 90.1 g/mol. The SMILES string of the molecule is [2H]C1([2H])COCC(C)N1. The van der Waals surface area contributed by atoms with E-state index in [0.717, 1.165) is 0 Å². The summed E-state index contributed by atoms with van der Waals surface area (Å²) >= 11 is 0. The van der Waals surface area contributed by atoms with Crippen molar-refractivity contribution >= 4 is 0 Å². The Kier molecular flexibility index (Phi) is 0.995. The Labute approximate surface area is 46.7 Å². The molecule has 0 bridgehead atoms. The molecule has 1 fully saturated rings. The summed E-state index contributed by atoms with van der Waals surface area (Å²) in [6, 6.07) is 0.133. The molecular formula is C5H11NO. The summed E-state index contributed by atoms with van der Waals surface area (Å²) in [7, 11) is 0. The molecule has 1 saturated heterocycles. The Morgan fingerprint density at radius 1 is 2.00 bits per heavy atom. The first-order valence-corrected chi connectivity index (χ1v) is 2.46. The molecule has 7 heavy (non-hydrogen) atoms. The molecule has 0 amide bonds. The molecule has 0 aromatic rings. The Morgan fingerprint density at radius 3 is 3.29 bits per heavy atom. The van der Waals surface area contributed by atoms with Crippen LogP contribution in [0, 0.1) is 0 Å². The zero-order chi connectivity index (χ0) is 6.91. The van der Waals surface area contributed by atoms with Gasteiger partial charge in [0.15, 0.2) is 0 Å². The molecule has 0 radical (unpaired) electrons. The van der Waals surface area contributed by atoms with Crippen molar-refractivity contribution in [1.29, 1.82) is 0 Å². The molecule has 2 heteroatoms. The van der Waals surface area contributed by atoms with Crippen LogP contribution in [0.4, 0.5) is 0 Å². The third-order valence-corrected chi connectivity index (χ3v) is 0.891. The normalized spacial score (nSPS) is 44.4. The van der Waals surface area contributed by atoms with Gasteiger partial charge in [-0.05, 0) is 6.92 Å². The van der Waals surface area contributed by atoms with E-state index >= 15 is 0 Å². The summed E-state index contributed by atoms with van der Waals surface area (Å²) in [6.45, 7) is 1.35. The van der Waals surface area contributed by atoms with Crippen LogP contribution in [0.1, 0.15) is 9.67 Å². The van der Waals surface area contributed by atoms with Crippen LogP contribution in [0.3, 0.4) is 0 Å². The molecule has 42 valence electrons. The average molecular weight is 103 g/mol. The van der Waals surface area contributed by atoms with Crippen LogP contribution in [0.25, 0.3) is 0 Å². The van der Waals surface area contributed by atoms with Gasteiger partial charge in [-0.25, -0.2) is 0 Å². The molecule has 1 rings (SSSR count). The molecule has 1 aliphatic heterocycles. The number of hydrogen-bond acceptors (Lipinski definition) is 2. The van der Waals surface area contributed by atoms with Crippen molar-refractivity contribution in [3.05, 3.63) is 0 Å². The van der Waals surface area contributed by atoms with Crippen LogP contribution >= 0.6 is 0 Å². The van der Waals surface area contributed by atoms with Crippen molar-refractivity contribution < 1.29 is 7.48 Å². The van der Waals surface area contributed by atoms with Gasteiger partial charge in [0.05, 0.1) is 13.2 Å². The highest BCUT2D eigenvalue weighted by Crippen LogP contribution is 1.88. The third-order valence-electron chi connectivity index (χ3n) is 0.891. The first kappa shape index (κ1) is 3.05. The summed E-state index contributed by atoms with van der Waals surface area (Å²) in [5.74, 6) is 0. The quantitative estimate of drug-likeness (QED) is 0.466. The molecule has 0 aliphatic carbocycles. The number of hydrogen-bond donors (Lipinski definition) is 1. The number of morpholine rings is 1. The van der Waals surface area contributed by atoms with Crippen LogP contribution in [-0.2, 0) is 4.74 Å². The third kappa shape index (κ3) is 1.45. The molecule has 1 heterocycles. The predicted octanol–water partition coefficient (Wildman–Crippen LogP) is -0.00530. The molecule has 0 spiro atoms. The van der Waals surface area contributed by atoms with Gasteiger partial charge in [0.25, 0.3) is 0 Å². The van der Waals surface area contributed by atoms with Gasteiger partial charge >= 0.3 is 0 Å². The van der Waals surface area contributed by atoms with E-state index in [1.807, 2.05) is 6.92 Å². The standard InChI is InChI=1S/C5H11NO/c1-5-4-7-3-2-6-5/h5-6H,2-4H2,1H3/i2D2. The van der Waals surface area contributed by atoms with Crippen LogP contribution in [0.5, 0.6) is 0 Å². The van der Waals surface area contributed by atoms with Gasteiger partial charge in [-0.1, -0.05) is 0 Å². The summed E-state index contributed by atoms with van der Waals surface area (Å²) in [5.41, 5.74) is 0. The number of rotatable bonds is 0. The Morgan fingerprint density at radius 2 is 2.86 bits per heavy atom. The van der Waals surface area contributed by atoms with Gasteiger partial charge in [0, 0.05) is 15.3 Å². The lowest BCUT2D eigenvalue weighted by Crippen LogP contribution is -2.38. The Bertz CT molecular complexity index is 107. The molecule has 1 unspecified atom stereocenters. The minimum atomic E-state index is -1.32. The predicted molar refractivity (Wildman–Crippen MR) is 28.3 cm³/mol. The van der Waals surface area contributed by atoms with E-state index in [4.69, 9.17) is 7.48 Å². The molecule has 0 aromatic carbocycles. The highest BCUT2D eigenvalue weighted by atomic mass is 16.5. The van der Waals surface area contributed by atoms with Crippen molar-refractivity contribution in [1.82, 2.24) is 5.32 Å². The van der Waals surface area contributed by atoms with Crippen LogP contribution in [0.15, 0.2) is 0 Å². The molecule has 0 saturated carbocycles. The molecule has 2 nitrogen and oxygen atoms in total. The van der Waals surface area contributed by atoms with E-state index in [9.17, 15) is 0 Å². The van der Waals surface area contributed by atoms with Crippen LogP contribution < -0.4 is 5.32 Å². The number of ether oxygens (including phenoxy) is 1. The van der Waals surface area contributed by atoms with Gasteiger partial charge < -0.3 is 10.1 Å². The molecule has 1 atom stereocenters. The second kappa shape index (κ2) is 2.28. The van der Waals surface area contributed by atoms with Gasteiger partial charge in [0.1, 0.15) is 0 Å². The summed E-state index contributed by atoms with van der Waals surface area (Å²) in [4.78, 5) is 0. The lowest BCUT2D eigenvalue weighted by molar-refractivity contribution is 0.0824. The summed E-state index contributed by atoms with van der Waals surface area (Å²) in [5, 5.41) is 2.76. The van der Waals surface area contributed by atoms with Crippen LogP contribution in [0.2, 0.25) is 0 Å².